The van der Waals surface area contributed by atoms with Crippen LogP contribution in [0.5, 0.6) is 11.5 Å². The van der Waals surface area contributed by atoms with Crippen LogP contribution < -0.4 is 39.0 Å². The minimum Gasteiger partial charge on any atom is -0.748 e. The number of hydrogen-bond acceptors (Lipinski definition) is 5. The molecule has 0 radical (unpaired) electrons. The van der Waals surface area contributed by atoms with E-state index in [1.807, 2.05) is 72.8 Å². The first-order valence-corrected chi connectivity index (χ1v) is 13.2. The van der Waals surface area contributed by atoms with Crippen LogP contribution in [0.15, 0.2) is 109 Å². The molecule has 0 N–H and O–H groups in total. The van der Waals surface area contributed by atoms with Crippen molar-refractivity contribution in [1.29, 1.82) is 0 Å². The third-order valence-electron chi connectivity index (χ3n) is 5.70. The second kappa shape index (κ2) is 13.6. The summed E-state index contributed by atoms with van der Waals surface area (Å²) in [6, 6.07) is 36.2. The van der Waals surface area contributed by atoms with E-state index in [1.54, 1.807) is 7.11 Å². The van der Waals surface area contributed by atoms with Crippen molar-refractivity contribution < 1.29 is 52.0 Å². The van der Waals surface area contributed by atoms with Crippen LogP contribution in [0.2, 0.25) is 0 Å². The summed E-state index contributed by atoms with van der Waals surface area (Å²) in [6.07, 6.45) is 0.151. The molecule has 4 aromatic carbocycles. The molecule has 0 fully saturated rings. The fourth-order valence-corrected chi connectivity index (χ4v) is 4.49. The van der Waals surface area contributed by atoms with Gasteiger partial charge >= 0.3 is 29.6 Å². The van der Waals surface area contributed by atoms with Crippen molar-refractivity contribution in [3.05, 3.63) is 131 Å². The van der Waals surface area contributed by atoms with E-state index >= 15 is 0 Å². The zero-order chi connectivity index (χ0) is 25.4. The number of benzene rings is 4. The molecule has 0 aliphatic carbocycles. The largest absolute Gasteiger partial charge is 1.00 e. The third kappa shape index (κ3) is 8.06. The van der Waals surface area contributed by atoms with Crippen molar-refractivity contribution in [3.8, 4) is 11.5 Å². The molecular weight excluding hydrogens is 495 g/mol. The average Bonchev–Trinajstić information content (AvgIpc) is 2.91. The minimum atomic E-state index is -4.24. The Kier molecular flexibility index (Phi) is 10.6. The summed E-state index contributed by atoms with van der Waals surface area (Å²) in [6.45, 7) is 0.156. The van der Waals surface area contributed by atoms with E-state index in [1.165, 1.54) is 0 Å². The zero-order valence-electron chi connectivity index (χ0n) is 21.0. The van der Waals surface area contributed by atoms with Gasteiger partial charge < -0.3 is 14.0 Å². The van der Waals surface area contributed by atoms with Crippen LogP contribution in [0, 0.1) is 0 Å². The van der Waals surface area contributed by atoms with Crippen LogP contribution in [0.3, 0.4) is 0 Å². The van der Waals surface area contributed by atoms with Gasteiger partial charge in [-0.15, -0.1) is 0 Å². The topological polar surface area (TPSA) is 75.7 Å². The van der Waals surface area contributed by atoms with E-state index in [9.17, 15) is 13.0 Å². The standard InChI is InChI=1S/C30H28O5S.Na/c1-34-27-17-13-25(14-18-27)29(23-9-4-2-5-10-23)30(24-11-6-3-7-12-24)26-15-19-28(20-16-26)35-21-8-22-36(31,32)33;/h2-7,9-20H,8,21-22H2,1H3,(H,31,32,33);/q;+1/p-1/b30-29+;. The second-order valence-corrected chi connectivity index (χ2v) is 9.72. The predicted octanol–water partition coefficient (Wildman–Crippen LogP) is 3.02. The molecule has 5 nitrogen and oxygen atoms in total. The average molecular weight is 523 g/mol. The monoisotopic (exact) mass is 522 g/mol. The fourth-order valence-electron chi connectivity index (χ4n) is 4.02. The summed E-state index contributed by atoms with van der Waals surface area (Å²) < 4.78 is 43.5. The van der Waals surface area contributed by atoms with Crippen LogP contribution in [-0.2, 0) is 10.1 Å². The molecule has 0 amide bonds. The first-order chi connectivity index (χ1) is 17.4. The van der Waals surface area contributed by atoms with Crippen molar-refractivity contribution in [1.82, 2.24) is 0 Å². The fraction of sp³-hybridized carbons (Fsp3) is 0.133. The number of rotatable bonds is 10. The van der Waals surface area contributed by atoms with Crippen LogP contribution in [-0.4, -0.2) is 32.4 Å². The Morgan fingerprint density at radius 3 is 1.46 bits per heavy atom. The van der Waals surface area contributed by atoms with E-state index in [0.29, 0.717) is 5.75 Å². The van der Waals surface area contributed by atoms with Crippen molar-refractivity contribution in [2.24, 2.45) is 0 Å². The summed E-state index contributed by atoms with van der Waals surface area (Å²) in [7, 11) is -2.58. The van der Waals surface area contributed by atoms with Crippen molar-refractivity contribution in [2.75, 3.05) is 19.5 Å². The Hall–Kier alpha value is -2.87. The molecule has 0 saturated heterocycles. The molecule has 184 valence electrons. The van der Waals surface area contributed by atoms with Gasteiger partial charge in [0, 0.05) is 5.75 Å². The summed E-state index contributed by atoms with van der Waals surface area (Å²) in [5.74, 6) is 0.965. The van der Waals surface area contributed by atoms with Gasteiger partial charge in [-0.1, -0.05) is 84.9 Å². The van der Waals surface area contributed by atoms with Gasteiger partial charge in [-0.25, -0.2) is 8.42 Å². The van der Waals surface area contributed by atoms with Crippen molar-refractivity contribution >= 4 is 21.3 Å². The Labute approximate surface area is 240 Å². The molecule has 0 bridgehead atoms. The molecular formula is C30H27NaO5S. The molecule has 0 saturated carbocycles. The summed E-state index contributed by atoms with van der Waals surface area (Å²) >= 11 is 0. The van der Waals surface area contributed by atoms with Crippen LogP contribution in [0.25, 0.3) is 11.1 Å². The Morgan fingerprint density at radius 1 is 0.649 bits per heavy atom. The summed E-state index contributed by atoms with van der Waals surface area (Å²) in [5, 5.41) is 0. The van der Waals surface area contributed by atoms with Gasteiger partial charge in [0.1, 0.15) is 11.5 Å². The molecule has 0 aromatic heterocycles. The second-order valence-electron chi connectivity index (χ2n) is 8.20. The molecule has 0 unspecified atom stereocenters. The Morgan fingerprint density at radius 2 is 1.05 bits per heavy atom. The van der Waals surface area contributed by atoms with E-state index in [4.69, 9.17) is 9.47 Å². The van der Waals surface area contributed by atoms with E-state index < -0.39 is 15.9 Å². The van der Waals surface area contributed by atoms with Gasteiger partial charge in [0.15, 0.2) is 0 Å². The molecule has 0 aliphatic rings. The maximum atomic E-state index is 10.8. The van der Waals surface area contributed by atoms with Gasteiger partial charge in [0.25, 0.3) is 0 Å². The van der Waals surface area contributed by atoms with Gasteiger partial charge in [-0.3, -0.25) is 0 Å². The molecule has 4 aromatic rings. The Bertz CT molecular complexity index is 1400. The number of methoxy groups -OCH3 is 1. The molecule has 0 atom stereocenters. The van der Waals surface area contributed by atoms with Crippen molar-refractivity contribution in [2.45, 2.75) is 6.42 Å². The van der Waals surface area contributed by atoms with E-state index in [0.717, 1.165) is 39.1 Å². The van der Waals surface area contributed by atoms with Crippen LogP contribution in [0.1, 0.15) is 28.7 Å². The molecule has 7 heteroatoms. The van der Waals surface area contributed by atoms with Gasteiger partial charge in [-0.05, 0) is 64.1 Å². The van der Waals surface area contributed by atoms with Crippen LogP contribution in [0.4, 0.5) is 0 Å². The van der Waals surface area contributed by atoms with E-state index in [-0.39, 0.29) is 42.6 Å². The minimum absolute atomic E-state index is 0. The molecule has 37 heavy (non-hydrogen) atoms. The zero-order valence-corrected chi connectivity index (χ0v) is 23.8. The number of hydrogen-bond donors (Lipinski definition) is 0. The first-order valence-electron chi connectivity index (χ1n) is 11.6. The van der Waals surface area contributed by atoms with Gasteiger partial charge in [-0.2, -0.15) is 0 Å². The maximum Gasteiger partial charge on any atom is 1.00 e. The molecule has 0 heterocycles. The predicted molar refractivity (Wildman–Crippen MR) is 142 cm³/mol. The molecule has 0 spiro atoms. The first kappa shape index (κ1) is 28.7. The van der Waals surface area contributed by atoms with Crippen molar-refractivity contribution in [3.63, 3.8) is 0 Å². The molecule has 0 aliphatic heterocycles. The number of ether oxygens (including phenoxy) is 2. The van der Waals surface area contributed by atoms with Gasteiger partial charge in [0.2, 0.25) is 0 Å². The van der Waals surface area contributed by atoms with E-state index in [2.05, 4.69) is 36.4 Å². The SMILES string of the molecule is COc1ccc(/C(=C(\c2ccccc2)c2ccc(OCCCS(=O)(=O)[O-])cc2)c2ccccc2)cc1.[Na+]. The third-order valence-corrected chi connectivity index (χ3v) is 6.49. The summed E-state index contributed by atoms with van der Waals surface area (Å²) in [5.41, 5.74) is 6.36. The Balaban J connectivity index is 0.00000380. The summed E-state index contributed by atoms with van der Waals surface area (Å²) in [4.78, 5) is 0. The molecule has 4 rings (SSSR count). The normalized spacial score (nSPS) is 11.7. The maximum absolute atomic E-state index is 10.8. The van der Waals surface area contributed by atoms with Crippen LogP contribution >= 0.6 is 0 Å². The van der Waals surface area contributed by atoms with Gasteiger partial charge in [0.05, 0.1) is 23.8 Å². The smallest absolute Gasteiger partial charge is 0.748 e. The quantitative estimate of drug-likeness (QED) is 0.139.